The second-order valence-corrected chi connectivity index (χ2v) is 19.0. The van der Waals surface area contributed by atoms with Gasteiger partial charge in [0.25, 0.3) is 0 Å². The van der Waals surface area contributed by atoms with Gasteiger partial charge in [-0.15, -0.1) is 23.5 Å². The number of carboxylic acids is 3. The number of carboxylic acid groups (broad SMARTS) is 3. The molecule has 3 saturated heterocycles. The highest BCUT2D eigenvalue weighted by Gasteiger charge is 2.61. The molecule has 0 radical (unpaired) electrons. The van der Waals surface area contributed by atoms with Crippen molar-refractivity contribution < 1.29 is 59.1 Å². The molecule has 59 heavy (non-hydrogen) atoms. The number of carbonyl (C=O) groups is 7. The smallest absolute Gasteiger partial charge is 0.353 e. The van der Waals surface area contributed by atoms with Gasteiger partial charge in [0.15, 0.2) is 0 Å². The highest BCUT2D eigenvalue weighted by atomic mass is 32.2. The van der Waals surface area contributed by atoms with Gasteiger partial charge < -0.3 is 50.9 Å². The summed E-state index contributed by atoms with van der Waals surface area (Å²) in [6.45, 7) is 7.37. The van der Waals surface area contributed by atoms with Crippen LogP contribution in [0, 0.1) is 29.6 Å². The zero-order chi connectivity index (χ0) is 43.4. The van der Waals surface area contributed by atoms with Crippen molar-refractivity contribution >= 4 is 70.7 Å². The van der Waals surface area contributed by atoms with E-state index in [2.05, 4.69) is 10.6 Å². The summed E-state index contributed by atoms with van der Waals surface area (Å²) in [5.74, 6) is -5.75. The largest absolute Gasteiger partial charge is 0.478 e. The molecule has 19 heteroatoms. The van der Waals surface area contributed by atoms with Crippen molar-refractivity contribution in [3.05, 3.63) is 51.0 Å². The predicted octanol–water partition coefficient (Wildman–Crippen LogP) is 2.07. The fraction of sp³-hybridized carbons (Fsp3) is 0.575. The molecule has 4 fully saturated rings. The third-order valence-corrected chi connectivity index (χ3v) is 15.3. The Morgan fingerprint density at radius 1 is 0.797 bits per heavy atom. The molecular weight excluding hydrogens is 807 g/mol. The number of aliphatic carboxylic acids is 2. The number of aliphatic hydroxyl groups is 2. The fourth-order valence-corrected chi connectivity index (χ4v) is 12.4. The average molecular weight is 858 g/mol. The predicted molar refractivity (Wildman–Crippen MR) is 216 cm³/mol. The van der Waals surface area contributed by atoms with Gasteiger partial charge in [0, 0.05) is 64.4 Å². The van der Waals surface area contributed by atoms with Crippen LogP contribution >= 0.6 is 23.5 Å². The number of benzene rings is 1. The lowest BCUT2D eigenvalue weighted by atomic mass is 9.79. The van der Waals surface area contributed by atoms with Gasteiger partial charge in [-0.05, 0) is 57.7 Å². The highest BCUT2D eigenvalue weighted by Crippen LogP contribution is 2.54. The molecule has 0 aromatic heterocycles. The standard InChI is InChI=1S/C22H25N3O7S.C18H26N2O5S/c1-9-16-15(10(2)26)20(28)25(16)17(22(31)32)18(9)33-13-7-14(23-8-13)19(27)24-12-5-3-4-11(6-12)21(29)30;1-8-13-12(9(2)21)17(23)20(13)14(18(24)25)15(8)26-11-6-5-10(7-11)16(22)19(3)4/h3-6,9-10,13-16,23,26H,7-8H2,1-2H3,(H,24,27)(H,29,30)(H,31,32);8-13,21H,5-7H2,1-4H3,(H,24,25)/t;8?,9?,10-,11+,12?,13?/m.0/s1. The lowest BCUT2D eigenvalue weighted by Crippen LogP contribution is -2.63. The molecule has 7 rings (SSSR count). The van der Waals surface area contributed by atoms with Gasteiger partial charge >= 0.3 is 17.9 Å². The molecule has 7 N–H and O–H groups in total. The number of nitrogens with zero attached hydrogens (tertiary/aromatic N) is 3. The molecule has 5 heterocycles. The van der Waals surface area contributed by atoms with Crippen LogP contribution < -0.4 is 10.6 Å². The summed E-state index contributed by atoms with van der Waals surface area (Å²) in [6.07, 6.45) is 1.18. The maximum absolute atomic E-state index is 12.7. The van der Waals surface area contributed by atoms with E-state index in [4.69, 9.17) is 5.11 Å². The minimum atomic E-state index is -1.18. The van der Waals surface area contributed by atoms with Crippen LogP contribution in [0.1, 0.15) is 63.7 Å². The van der Waals surface area contributed by atoms with Crippen LogP contribution in [0.4, 0.5) is 5.69 Å². The number of carbonyl (C=O) groups excluding carboxylic acids is 4. The van der Waals surface area contributed by atoms with Crippen molar-refractivity contribution in [1.82, 2.24) is 20.0 Å². The Kier molecular flexibility index (Phi) is 12.9. The van der Waals surface area contributed by atoms with E-state index in [1.54, 1.807) is 38.1 Å². The molecule has 5 aliphatic heterocycles. The molecule has 0 spiro atoms. The Labute approximate surface area is 349 Å². The van der Waals surface area contributed by atoms with Crippen molar-refractivity contribution in [2.75, 3.05) is 26.0 Å². The number of hydrogen-bond acceptors (Lipinski definition) is 12. The molecular formula is C40H51N5O12S2. The molecule has 6 aliphatic rings. The number of thioether (sulfide) groups is 2. The zero-order valence-corrected chi connectivity index (χ0v) is 35.2. The minimum absolute atomic E-state index is 0.0167. The summed E-state index contributed by atoms with van der Waals surface area (Å²) in [7, 11) is 3.50. The zero-order valence-electron chi connectivity index (χ0n) is 33.5. The molecule has 1 aromatic carbocycles. The van der Waals surface area contributed by atoms with E-state index in [1.807, 2.05) is 13.8 Å². The Hall–Kier alpha value is -4.43. The average Bonchev–Trinajstić information content (AvgIpc) is 3.93. The Morgan fingerprint density at radius 3 is 1.80 bits per heavy atom. The second-order valence-electron chi connectivity index (χ2n) is 16.3. The maximum Gasteiger partial charge on any atom is 0.353 e. The van der Waals surface area contributed by atoms with Gasteiger partial charge in [-0.1, -0.05) is 19.9 Å². The molecule has 10 unspecified atom stereocenters. The van der Waals surface area contributed by atoms with Crippen LogP contribution in [0.5, 0.6) is 0 Å². The molecule has 12 atom stereocenters. The highest BCUT2D eigenvalue weighted by molar-refractivity contribution is 8.04. The van der Waals surface area contributed by atoms with Gasteiger partial charge in [-0.2, -0.15) is 0 Å². The lowest BCUT2D eigenvalue weighted by molar-refractivity contribution is -0.163. The number of amides is 4. The number of fused-ring (bicyclic) bond motifs is 2. The van der Waals surface area contributed by atoms with Crippen LogP contribution in [0.15, 0.2) is 45.5 Å². The normalized spacial score (nSPS) is 31.7. The number of aromatic carboxylic acids is 1. The van der Waals surface area contributed by atoms with Gasteiger partial charge in [-0.25, -0.2) is 14.4 Å². The van der Waals surface area contributed by atoms with E-state index in [1.165, 1.54) is 52.4 Å². The molecule has 320 valence electrons. The van der Waals surface area contributed by atoms with Crippen molar-refractivity contribution in [3.63, 3.8) is 0 Å². The summed E-state index contributed by atoms with van der Waals surface area (Å²) in [4.78, 5) is 90.1. The van der Waals surface area contributed by atoms with Crippen molar-refractivity contribution in [3.8, 4) is 0 Å². The van der Waals surface area contributed by atoms with Crippen LogP contribution in [-0.4, -0.2) is 143 Å². The van der Waals surface area contributed by atoms with Gasteiger partial charge in [-0.3, -0.25) is 19.2 Å². The quantitative estimate of drug-likeness (QED) is 0.149. The number of aliphatic hydroxyl groups excluding tert-OH is 2. The first-order valence-corrected chi connectivity index (χ1v) is 21.4. The molecule has 1 aromatic rings. The van der Waals surface area contributed by atoms with E-state index in [0.717, 1.165) is 19.3 Å². The van der Waals surface area contributed by atoms with E-state index >= 15 is 0 Å². The summed E-state index contributed by atoms with van der Waals surface area (Å²) in [6, 6.07) is 4.79. The van der Waals surface area contributed by atoms with Crippen LogP contribution in [0.3, 0.4) is 0 Å². The number of rotatable bonds is 12. The first-order chi connectivity index (χ1) is 27.7. The number of hydrogen-bond donors (Lipinski definition) is 7. The Balaban J connectivity index is 0.000000204. The summed E-state index contributed by atoms with van der Waals surface area (Å²) < 4.78 is 0. The van der Waals surface area contributed by atoms with Crippen LogP contribution in [-0.2, 0) is 28.8 Å². The minimum Gasteiger partial charge on any atom is -0.478 e. The third-order valence-electron chi connectivity index (χ3n) is 12.2. The van der Waals surface area contributed by atoms with Crippen molar-refractivity contribution in [1.29, 1.82) is 0 Å². The SMILES string of the molecule is CC(O)C1C(=O)N2C(C(=O)O)=C(SC3CNC(C(=O)Nc4cccc(C(=O)O)c4)C3)C(C)C12.CC(O)C1C(=O)N2C(C(=O)O)=C(S[C@@H]3CC[C@H](C(=O)N(C)C)C3)C(C)C12. The van der Waals surface area contributed by atoms with E-state index in [-0.39, 0.29) is 80.9 Å². The molecule has 4 amide bonds. The van der Waals surface area contributed by atoms with Gasteiger partial charge in [0.2, 0.25) is 23.6 Å². The number of anilines is 1. The van der Waals surface area contributed by atoms with Crippen LogP contribution in [0.2, 0.25) is 0 Å². The van der Waals surface area contributed by atoms with Crippen molar-refractivity contribution in [2.24, 2.45) is 29.6 Å². The molecule has 1 saturated carbocycles. The maximum atomic E-state index is 12.7. The fourth-order valence-electron chi connectivity index (χ4n) is 9.31. The number of β-lactam (4-membered cyclic amide) rings is 2. The van der Waals surface area contributed by atoms with E-state index < -0.39 is 48.0 Å². The van der Waals surface area contributed by atoms with Crippen molar-refractivity contribution in [2.45, 2.75) is 94.2 Å². The van der Waals surface area contributed by atoms with E-state index in [0.29, 0.717) is 28.5 Å². The third kappa shape index (κ3) is 8.23. The number of nitrogens with one attached hydrogen (secondary N) is 2. The second kappa shape index (κ2) is 17.3. The summed E-state index contributed by atoms with van der Waals surface area (Å²) >= 11 is 2.87. The lowest BCUT2D eigenvalue weighted by Gasteiger charge is -2.46. The van der Waals surface area contributed by atoms with Gasteiger partial charge in [0.05, 0.1) is 47.7 Å². The monoisotopic (exact) mass is 857 g/mol. The van der Waals surface area contributed by atoms with Crippen LogP contribution in [0.25, 0.3) is 0 Å². The molecule has 17 nitrogen and oxygen atoms in total. The Bertz CT molecular complexity index is 2000. The molecule has 0 bridgehead atoms. The Morgan fingerprint density at radius 2 is 1.32 bits per heavy atom. The summed E-state index contributed by atoms with van der Waals surface area (Å²) in [5.41, 5.74) is 0.485. The topological polar surface area (TPSA) is 254 Å². The molecule has 1 aliphatic carbocycles. The first kappa shape index (κ1) is 44.1. The van der Waals surface area contributed by atoms with Gasteiger partial charge in [0.1, 0.15) is 11.4 Å². The summed E-state index contributed by atoms with van der Waals surface area (Å²) in [5, 5.41) is 54.3. The first-order valence-electron chi connectivity index (χ1n) is 19.6. The van der Waals surface area contributed by atoms with E-state index in [9.17, 15) is 54.0 Å².